The van der Waals surface area contributed by atoms with Gasteiger partial charge in [0.25, 0.3) is 0 Å². The molecule has 27 heavy (non-hydrogen) atoms. The van der Waals surface area contributed by atoms with Gasteiger partial charge in [-0.3, -0.25) is 0 Å². The number of allylic oxidation sites excluding steroid dienone is 2. The van der Waals surface area contributed by atoms with E-state index in [-0.39, 0.29) is 24.1 Å². The van der Waals surface area contributed by atoms with Crippen LogP contribution in [-0.4, -0.2) is 24.1 Å². The minimum Gasteiger partial charge on any atom is -0.459 e. The third-order valence-corrected chi connectivity index (χ3v) is 3.74. The molecule has 0 aliphatic heterocycles. The van der Waals surface area contributed by atoms with Crippen LogP contribution in [-0.2, 0) is 19.1 Å². The van der Waals surface area contributed by atoms with Gasteiger partial charge in [0.05, 0.1) is 12.2 Å². The Morgan fingerprint density at radius 3 is 1.52 bits per heavy atom. The predicted octanol–water partition coefficient (Wildman–Crippen LogP) is 6.40. The third-order valence-electron chi connectivity index (χ3n) is 3.74. The zero-order chi connectivity index (χ0) is 21.4. The third kappa shape index (κ3) is 16.3. The molecule has 0 aliphatic rings. The van der Waals surface area contributed by atoms with Crippen molar-refractivity contribution in [1.29, 1.82) is 0 Å². The molecule has 4 heteroatoms. The Labute approximate surface area is 167 Å². The minimum atomic E-state index is -0.181. The quantitative estimate of drug-likeness (QED) is 0.324. The molecule has 0 aliphatic carbocycles. The average molecular weight is 383 g/mol. The molecule has 0 aromatic heterocycles. The van der Waals surface area contributed by atoms with Crippen molar-refractivity contribution in [3.63, 3.8) is 0 Å². The van der Waals surface area contributed by atoms with Crippen LogP contribution in [0.4, 0.5) is 0 Å². The highest BCUT2D eigenvalue weighted by Crippen LogP contribution is 2.08. The zero-order valence-electron chi connectivity index (χ0n) is 19.1. The van der Waals surface area contributed by atoms with E-state index in [4.69, 9.17) is 9.47 Å². The van der Waals surface area contributed by atoms with Gasteiger partial charge >= 0.3 is 11.9 Å². The van der Waals surface area contributed by atoms with E-state index >= 15 is 0 Å². The van der Waals surface area contributed by atoms with Crippen LogP contribution in [0.3, 0.4) is 0 Å². The molecule has 158 valence electrons. The van der Waals surface area contributed by atoms with Crippen molar-refractivity contribution in [3.05, 3.63) is 23.3 Å². The Kier molecular flexibility index (Phi) is 17.0. The summed E-state index contributed by atoms with van der Waals surface area (Å²) in [6.07, 6.45) is 8.73. The van der Waals surface area contributed by atoms with Crippen LogP contribution < -0.4 is 0 Å². The first kappa shape index (κ1) is 27.6. The maximum atomic E-state index is 11.5. The molecule has 0 bridgehead atoms. The molecule has 0 unspecified atom stereocenters. The van der Waals surface area contributed by atoms with Gasteiger partial charge < -0.3 is 9.47 Å². The summed E-state index contributed by atoms with van der Waals surface area (Å²) in [5.41, 5.74) is 1.42. The number of rotatable bonds is 10. The molecule has 2 atom stereocenters. The van der Waals surface area contributed by atoms with Crippen LogP contribution in [0, 0.1) is 5.92 Å². The van der Waals surface area contributed by atoms with Gasteiger partial charge in [0.1, 0.15) is 0 Å². The zero-order valence-corrected chi connectivity index (χ0v) is 19.1. The number of ether oxygens (including phenoxy) is 2. The molecular weight excluding hydrogens is 340 g/mol. The van der Waals surface area contributed by atoms with Crippen molar-refractivity contribution in [3.8, 4) is 0 Å². The second-order valence-corrected chi connectivity index (χ2v) is 7.40. The summed E-state index contributed by atoms with van der Waals surface area (Å²) in [4.78, 5) is 22.8. The lowest BCUT2D eigenvalue weighted by Gasteiger charge is -2.12. The predicted molar refractivity (Wildman–Crippen MR) is 114 cm³/mol. The number of hydrogen-bond donors (Lipinski definition) is 0. The molecule has 0 aromatic carbocycles. The van der Waals surface area contributed by atoms with Crippen molar-refractivity contribution in [1.82, 2.24) is 0 Å². The fraction of sp³-hybridized carbons (Fsp3) is 0.739. The summed E-state index contributed by atoms with van der Waals surface area (Å²) in [5, 5.41) is 0. The van der Waals surface area contributed by atoms with Crippen LogP contribution in [0.5, 0.6) is 0 Å². The van der Waals surface area contributed by atoms with Crippen molar-refractivity contribution in [2.45, 2.75) is 107 Å². The van der Waals surface area contributed by atoms with Gasteiger partial charge in [-0.15, -0.1) is 0 Å². The van der Waals surface area contributed by atoms with Crippen molar-refractivity contribution < 1.29 is 19.1 Å². The van der Waals surface area contributed by atoms with Crippen LogP contribution in [0.2, 0.25) is 0 Å². The smallest absolute Gasteiger partial charge is 0.333 e. The Morgan fingerprint density at radius 1 is 0.778 bits per heavy atom. The van der Waals surface area contributed by atoms with Gasteiger partial charge in [-0.25, -0.2) is 9.59 Å². The molecule has 0 radical (unpaired) electrons. The van der Waals surface area contributed by atoms with Crippen LogP contribution >= 0.6 is 0 Å². The standard InChI is InChI=1S/C12H22O2.C11H20O2/c1-6-7-11(5)14-12(13)10(4)8-9(2)3;1-5-7-9(3)11(12)13-10(4)8-6-2/h8-9,11H,6-7H2,1-5H3;7,10H,5-6,8H2,1-4H3/b10-8+;9-7+/t11-;10-/m00/s1. The Balaban J connectivity index is 0. The largest absolute Gasteiger partial charge is 0.459 e. The fourth-order valence-corrected chi connectivity index (χ4v) is 2.44. The lowest BCUT2D eigenvalue weighted by Crippen LogP contribution is -2.15. The number of hydrogen-bond acceptors (Lipinski definition) is 4. The first-order chi connectivity index (χ1) is 12.6. The molecule has 0 heterocycles. The fourth-order valence-electron chi connectivity index (χ4n) is 2.44. The molecular formula is C23H42O4. The summed E-state index contributed by atoms with van der Waals surface area (Å²) in [6, 6.07) is 0. The van der Waals surface area contributed by atoms with E-state index in [1.54, 1.807) is 13.8 Å². The molecule has 0 N–H and O–H groups in total. The monoisotopic (exact) mass is 382 g/mol. The van der Waals surface area contributed by atoms with E-state index in [2.05, 4.69) is 13.8 Å². The Morgan fingerprint density at radius 2 is 1.19 bits per heavy atom. The highest BCUT2D eigenvalue weighted by atomic mass is 16.5. The van der Waals surface area contributed by atoms with Crippen LogP contribution in [0.25, 0.3) is 0 Å². The Bertz CT molecular complexity index is 475. The maximum absolute atomic E-state index is 11.5. The van der Waals surface area contributed by atoms with Gasteiger partial charge in [-0.05, 0) is 52.9 Å². The van der Waals surface area contributed by atoms with E-state index in [1.165, 1.54) is 0 Å². The van der Waals surface area contributed by atoms with Gasteiger partial charge in [0.2, 0.25) is 0 Å². The topological polar surface area (TPSA) is 52.6 Å². The number of carbonyl (C=O) groups excluding carboxylic acids is 2. The highest BCUT2D eigenvalue weighted by molar-refractivity contribution is 5.88. The van der Waals surface area contributed by atoms with Gasteiger partial charge in [-0.2, -0.15) is 0 Å². The summed E-state index contributed by atoms with van der Waals surface area (Å²) in [6.45, 7) is 17.7. The number of carbonyl (C=O) groups is 2. The van der Waals surface area contributed by atoms with Gasteiger partial charge in [-0.1, -0.05) is 59.6 Å². The molecule has 0 fully saturated rings. The molecule has 4 nitrogen and oxygen atoms in total. The van der Waals surface area contributed by atoms with Gasteiger partial charge in [0, 0.05) is 11.1 Å². The minimum absolute atomic E-state index is 0.0306. The normalized spacial score (nSPS) is 14.1. The molecule has 0 saturated heterocycles. The molecule has 0 saturated carbocycles. The Hall–Kier alpha value is -1.58. The molecule has 0 amide bonds. The van der Waals surface area contributed by atoms with Crippen LogP contribution in [0.1, 0.15) is 94.4 Å². The van der Waals surface area contributed by atoms with E-state index in [0.717, 1.165) is 32.1 Å². The summed E-state index contributed by atoms with van der Waals surface area (Å²) in [7, 11) is 0. The SMILES string of the molecule is CC/C=C(\C)C(=O)O[C@@H](C)CCC.CCC[C@H](C)OC(=O)/C(C)=C/C(C)C. The van der Waals surface area contributed by atoms with E-state index < -0.39 is 0 Å². The first-order valence-electron chi connectivity index (χ1n) is 10.4. The number of esters is 2. The van der Waals surface area contributed by atoms with E-state index in [1.807, 2.05) is 46.8 Å². The second-order valence-electron chi connectivity index (χ2n) is 7.40. The van der Waals surface area contributed by atoms with E-state index in [9.17, 15) is 9.59 Å². The highest BCUT2D eigenvalue weighted by Gasteiger charge is 2.11. The van der Waals surface area contributed by atoms with Crippen molar-refractivity contribution in [2.24, 2.45) is 5.92 Å². The summed E-state index contributed by atoms with van der Waals surface area (Å²) in [5.74, 6) is 0.0338. The maximum Gasteiger partial charge on any atom is 0.333 e. The lowest BCUT2D eigenvalue weighted by molar-refractivity contribution is -0.144. The van der Waals surface area contributed by atoms with Gasteiger partial charge in [0.15, 0.2) is 0 Å². The molecule has 0 aromatic rings. The lowest BCUT2D eigenvalue weighted by atomic mass is 10.1. The van der Waals surface area contributed by atoms with Crippen molar-refractivity contribution in [2.75, 3.05) is 0 Å². The van der Waals surface area contributed by atoms with Crippen molar-refractivity contribution >= 4 is 11.9 Å². The van der Waals surface area contributed by atoms with E-state index in [0.29, 0.717) is 17.1 Å². The first-order valence-corrected chi connectivity index (χ1v) is 10.4. The molecule has 0 rings (SSSR count). The molecule has 0 spiro atoms. The summed E-state index contributed by atoms with van der Waals surface area (Å²) >= 11 is 0. The van der Waals surface area contributed by atoms with Crippen LogP contribution in [0.15, 0.2) is 23.3 Å². The second kappa shape index (κ2) is 16.6. The summed E-state index contributed by atoms with van der Waals surface area (Å²) < 4.78 is 10.4. The average Bonchev–Trinajstić information content (AvgIpc) is 2.55.